The number of rotatable bonds is 3. The Kier molecular flexibility index (Phi) is 5.17. The van der Waals surface area contributed by atoms with Crippen LogP contribution in [0, 0.1) is 24.2 Å². The standard InChI is InChI=1S/C26H36N2O2/c1-18-6-4-8-20(14-18)28-12-10-27(11-13-28)17-22-21-15-23-19(2)7-5-9-26(23,3)16-24(21)30-25(22)29/h4,6,8,14,21-22,24H,5,7,9-13,15-17H2,1-3H3/t21-,22+,24-,26-/m1/s1. The van der Waals surface area contributed by atoms with E-state index in [0.717, 1.165) is 45.6 Å². The predicted octanol–water partition coefficient (Wildman–Crippen LogP) is 4.58. The Hall–Kier alpha value is -1.81. The van der Waals surface area contributed by atoms with Gasteiger partial charge >= 0.3 is 5.97 Å². The lowest BCUT2D eigenvalue weighted by atomic mass is 9.59. The monoisotopic (exact) mass is 408 g/mol. The highest BCUT2D eigenvalue weighted by atomic mass is 16.6. The van der Waals surface area contributed by atoms with Crippen molar-refractivity contribution in [3.8, 4) is 0 Å². The summed E-state index contributed by atoms with van der Waals surface area (Å²) in [7, 11) is 0. The highest BCUT2D eigenvalue weighted by molar-refractivity contribution is 5.76. The van der Waals surface area contributed by atoms with Gasteiger partial charge in [-0.2, -0.15) is 0 Å². The second kappa shape index (κ2) is 7.71. The average molecular weight is 409 g/mol. The summed E-state index contributed by atoms with van der Waals surface area (Å²) in [6.45, 7) is 11.9. The maximum absolute atomic E-state index is 12.9. The molecule has 0 unspecified atom stereocenters. The molecule has 2 aliphatic heterocycles. The number of fused-ring (bicyclic) bond motifs is 2. The zero-order chi connectivity index (χ0) is 20.9. The van der Waals surface area contributed by atoms with Gasteiger partial charge in [0.15, 0.2) is 0 Å². The zero-order valence-electron chi connectivity index (χ0n) is 18.8. The Morgan fingerprint density at radius 3 is 2.73 bits per heavy atom. The average Bonchev–Trinajstić information content (AvgIpc) is 3.01. The third-order valence-corrected chi connectivity index (χ3v) is 8.37. The van der Waals surface area contributed by atoms with Crippen molar-refractivity contribution in [3.05, 3.63) is 41.0 Å². The molecule has 2 saturated heterocycles. The first-order valence-corrected chi connectivity index (χ1v) is 11.9. The fourth-order valence-electron chi connectivity index (χ4n) is 6.61. The van der Waals surface area contributed by atoms with Crippen molar-refractivity contribution >= 4 is 11.7 Å². The maximum Gasteiger partial charge on any atom is 0.310 e. The third kappa shape index (κ3) is 3.57. The fraction of sp³-hybridized carbons (Fsp3) is 0.654. The molecule has 4 aliphatic rings. The summed E-state index contributed by atoms with van der Waals surface area (Å²) in [5.74, 6) is 0.488. The van der Waals surface area contributed by atoms with Crippen LogP contribution in [0.5, 0.6) is 0 Å². The van der Waals surface area contributed by atoms with Crippen molar-refractivity contribution in [3.63, 3.8) is 0 Å². The molecule has 162 valence electrons. The number of carbonyl (C=O) groups excluding carboxylic acids is 1. The molecule has 2 heterocycles. The van der Waals surface area contributed by atoms with E-state index in [2.05, 4.69) is 54.8 Å². The largest absolute Gasteiger partial charge is 0.462 e. The van der Waals surface area contributed by atoms with Gasteiger partial charge in [-0.3, -0.25) is 9.69 Å². The number of ether oxygens (including phenoxy) is 1. The first-order chi connectivity index (χ1) is 14.4. The SMILES string of the molecule is CC1=C2C[C@@H]3[C@H](CN4CCN(c5cccc(C)c5)CC4)C(=O)O[C@@H]3C[C@@]2(C)CCC1. The molecule has 4 nitrogen and oxygen atoms in total. The van der Waals surface area contributed by atoms with Gasteiger partial charge in [0.1, 0.15) is 6.10 Å². The van der Waals surface area contributed by atoms with Crippen molar-refractivity contribution < 1.29 is 9.53 Å². The maximum atomic E-state index is 12.9. The lowest BCUT2D eigenvalue weighted by Crippen LogP contribution is -2.49. The predicted molar refractivity (Wildman–Crippen MR) is 121 cm³/mol. The van der Waals surface area contributed by atoms with Gasteiger partial charge in [0, 0.05) is 44.3 Å². The molecule has 5 rings (SSSR count). The van der Waals surface area contributed by atoms with E-state index < -0.39 is 0 Å². The molecule has 3 fully saturated rings. The van der Waals surface area contributed by atoms with Crippen molar-refractivity contribution in [2.45, 2.75) is 59.0 Å². The van der Waals surface area contributed by atoms with Gasteiger partial charge in [-0.15, -0.1) is 0 Å². The van der Waals surface area contributed by atoms with E-state index in [1.165, 1.54) is 30.5 Å². The number of piperazine rings is 1. The van der Waals surface area contributed by atoms with E-state index in [-0.39, 0.29) is 23.4 Å². The lowest BCUT2D eigenvalue weighted by Gasteiger charge is -2.46. The molecule has 0 N–H and O–H groups in total. The highest BCUT2D eigenvalue weighted by Gasteiger charge is 2.53. The minimum absolute atomic E-state index is 0.0484. The molecular formula is C26H36N2O2. The minimum Gasteiger partial charge on any atom is -0.462 e. The van der Waals surface area contributed by atoms with Gasteiger partial charge in [-0.1, -0.05) is 30.2 Å². The smallest absolute Gasteiger partial charge is 0.310 e. The van der Waals surface area contributed by atoms with Crippen molar-refractivity contribution in [2.75, 3.05) is 37.6 Å². The van der Waals surface area contributed by atoms with E-state index in [9.17, 15) is 4.79 Å². The Morgan fingerprint density at radius 2 is 1.97 bits per heavy atom. The molecule has 30 heavy (non-hydrogen) atoms. The number of hydrogen-bond donors (Lipinski definition) is 0. The van der Waals surface area contributed by atoms with Crippen LogP contribution in [0.2, 0.25) is 0 Å². The van der Waals surface area contributed by atoms with Gasteiger partial charge < -0.3 is 9.64 Å². The van der Waals surface area contributed by atoms with Crippen LogP contribution in [0.4, 0.5) is 5.69 Å². The molecule has 0 spiro atoms. The molecule has 0 radical (unpaired) electrons. The Bertz CT molecular complexity index is 854. The van der Waals surface area contributed by atoms with E-state index >= 15 is 0 Å². The number of benzene rings is 1. The first-order valence-electron chi connectivity index (χ1n) is 11.9. The van der Waals surface area contributed by atoms with Crippen LogP contribution in [-0.4, -0.2) is 49.7 Å². The minimum atomic E-state index is 0.0484. The van der Waals surface area contributed by atoms with Crippen LogP contribution in [0.15, 0.2) is 35.4 Å². The molecule has 1 aromatic carbocycles. The molecule has 0 amide bonds. The second-order valence-corrected chi connectivity index (χ2v) is 10.5. The Balaban J connectivity index is 1.24. The molecule has 1 aromatic rings. The molecule has 4 heteroatoms. The van der Waals surface area contributed by atoms with Crippen molar-refractivity contribution in [2.24, 2.45) is 17.3 Å². The van der Waals surface area contributed by atoms with Crippen LogP contribution in [0.3, 0.4) is 0 Å². The quantitative estimate of drug-likeness (QED) is 0.542. The number of esters is 1. The van der Waals surface area contributed by atoms with Crippen molar-refractivity contribution in [1.82, 2.24) is 4.90 Å². The lowest BCUT2D eigenvalue weighted by molar-refractivity contribution is -0.145. The molecule has 0 aromatic heterocycles. The number of nitrogens with zero attached hydrogens (tertiary/aromatic N) is 2. The summed E-state index contributed by atoms with van der Waals surface area (Å²) in [5, 5.41) is 0. The van der Waals surface area contributed by atoms with Gasteiger partial charge in [0.2, 0.25) is 0 Å². The van der Waals surface area contributed by atoms with Crippen LogP contribution < -0.4 is 4.90 Å². The molecule has 1 saturated carbocycles. The van der Waals surface area contributed by atoms with Gasteiger partial charge in [-0.05, 0) is 69.1 Å². The fourth-order valence-corrected chi connectivity index (χ4v) is 6.61. The summed E-state index contributed by atoms with van der Waals surface area (Å²) in [5.41, 5.74) is 6.14. The zero-order valence-corrected chi connectivity index (χ0v) is 18.8. The van der Waals surface area contributed by atoms with Gasteiger partial charge in [0.05, 0.1) is 5.92 Å². The summed E-state index contributed by atoms with van der Waals surface area (Å²) in [4.78, 5) is 17.8. The number of allylic oxidation sites excluding steroid dienone is 2. The summed E-state index contributed by atoms with van der Waals surface area (Å²) < 4.78 is 5.97. The van der Waals surface area contributed by atoms with E-state index in [0.29, 0.717) is 5.92 Å². The molecular weight excluding hydrogens is 372 g/mol. The summed E-state index contributed by atoms with van der Waals surface area (Å²) in [6.07, 6.45) is 6.02. The van der Waals surface area contributed by atoms with E-state index in [1.807, 2.05) is 0 Å². The summed E-state index contributed by atoms with van der Waals surface area (Å²) >= 11 is 0. The molecule has 0 bridgehead atoms. The summed E-state index contributed by atoms with van der Waals surface area (Å²) in [6, 6.07) is 8.78. The Morgan fingerprint density at radius 1 is 1.17 bits per heavy atom. The first kappa shape index (κ1) is 20.1. The highest BCUT2D eigenvalue weighted by Crippen LogP contribution is 2.55. The van der Waals surface area contributed by atoms with Gasteiger partial charge in [-0.25, -0.2) is 0 Å². The van der Waals surface area contributed by atoms with Crippen LogP contribution in [-0.2, 0) is 9.53 Å². The van der Waals surface area contributed by atoms with Crippen LogP contribution in [0.1, 0.15) is 51.5 Å². The van der Waals surface area contributed by atoms with E-state index in [1.54, 1.807) is 11.1 Å². The number of hydrogen-bond acceptors (Lipinski definition) is 4. The van der Waals surface area contributed by atoms with E-state index in [4.69, 9.17) is 4.74 Å². The van der Waals surface area contributed by atoms with Crippen molar-refractivity contribution in [1.29, 1.82) is 0 Å². The number of aryl methyl sites for hydroxylation is 1. The van der Waals surface area contributed by atoms with Crippen LogP contribution in [0.25, 0.3) is 0 Å². The topological polar surface area (TPSA) is 32.8 Å². The number of anilines is 1. The second-order valence-electron chi connectivity index (χ2n) is 10.5. The number of carbonyl (C=O) groups is 1. The molecule has 4 atom stereocenters. The third-order valence-electron chi connectivity index (χ3n) is 8.37. The van der Waals surface area contributed by atoms with Gasteiger partial charge in [0.25, 0.3) is 0 Å². The molecule has 2 aliphatic carbocycles. The normalized spacial score (nSPS) is 34.6. The Labute approximate surface area is 181 Å². The van der Waals surface area contributed by atoms with Crippen LogP contribution >= 0.6 is 0 Å².